The molecule has 164 valence electrons. The average molecular weight is 452 g/mol. The number of thiophene rings is 1. The van der Waals surface area contributed by atoms with Crippen LogP contribution < -0.4 is 9.47 Å². The predicted octanol–water partition coefficient (Wildman–Crippen LogP) is 4.09. The van der Waals surface area contributed by atoms with Crippen molar-refractivity contribution in [2.24, 2.45) is 0 Å². The van der Waals surface area contributed by atoms with E-state index < -0.39 is 17.7 Å². The molecule has 3 aromatic rings. The zero-order valence-electron chi connectivity index (χ0n) is 17.4. The number of phenolic OH excluding ortho intramolecular Hbond substituents is 1. The Bertz CT molecular complexity index is 1180. The fourth-order valence-electron chi connectivity index (χ4n) is 3.76. The molecule has 8 heteroatoms. The summed E-state index contributed by atoms with van der Waals surface area (Å²) >= 11 is 1.47. The van der Waals surface area contributed by atoms with E-state index in [9.17, 15) is 19.8 Å². The second-order valence-electron chi connectivity index (χ2n) is 7.16. The summed E-state index contributed by atoms with van der Waals surface area (Å²) in [6.45, 7) is 0.208. The number of methoxy groups -OCH3 is 2. The number of hydrogen-bond donors (Lipinski definition) is 2. The molecule has 0 spiro atoms. The standard InChI is InChI=1S/C24H21NO6S/c1-30-16-9-10-19(31-2)18(12-16)22(27)20-21(14-5-7-15(26)8-6-14)25(24(29)23(20)28)13-17-4-3-11-32-17/h3-12,21,26-27H,13H2,1-2H3/b22-20+. The van der Waals surface area contributed by atoms with Gasteiger partial charge in [-0.3, -0.25) is 9.59 Å². The van der Waals surface area contributed by atoms with Crippen molar-refractivity contribution >= 4 is 28.8 Å². The zero-order chi connectivity index (χ0) is 22.8. The maximum atomic E-state index is 13.1. The highest BCUT2D eigenvalue weighted by Crippen LogP contribution is 2.42. The highest BCUT2D eigenvalue weighted by atomic mass is 32.1. The average Bonchev–Trinajstić information content (AvgIpc) is 3.41. The molecule has 0 aliphatic carbocycles. The number of rotatable bonds is 6. The number of aliphatic hydroxyl groups is 1. The summed E-state index contributed by atoms with van der Waals surface area (Å²) < 4.78 is 10.6. The minimum atomic E-state index is -0.839. The minimum absolute atomic E-state index is 0.0520. The van der Waals surface area contributed by atoms with Gasteiger partial charge in [0.05, 0.1) is 37.9 Å². The highest BCUT2D eigenvalue weighted by molar-refractivity contribution is 7.09. The van der Waals surface area contributed by atoms with E-state index in [1.54, 1.807) is 30.3 Å². The van der Waals surface area contributed by atoms with Crippen LogP contribution in [0.25, 0.3) is 5.76 Å². The molecule has 0 radical (unpaired) electrons. The number of likely N-dealkylation sites (tertiary alicyclic amines) is 1. The highest BCUT2D eigenvalue weighted by Gasteiger charge is 2.46. The van der Waals surface area contributed by atoms with Crippen LogP contribution in [0.2, 0.25) is 0 Å². The van der Waals surface area contributed by atoms with E-state index in [4.69, 9.17) is 9.47 Å². The summed E-state index contributed by atoms with van der Waals surface area (Å²) in [5.41, 5.74) is 0.774. The molecular formula is C24H21NO6S. The number of hydrogen-bond acceptors (Lipinski definition) is 7. The molecule has 1 saturated heterocycles. The van der Waals surface area contributed by atoms with Crippen LogP contribution in [0.3, 0.4) is 0 Å². The number of ether oxygens (including phenoxy) is 2. The lowest BCUT2D eigenvalue weighted by atomic mass is 9.95. The largest absolute Gasteiger partial charge is 0.508 e. The number of aromatic hydroxyl groups is 1. The van der Waals surface area contributed by atoms with Gasteiger partial charge in [-0.25, -0.2) is 0 Å². The Morgan fingerprint density at radius 3 is 2.44 bits per heavy atom. The van der Waals surface area contributed by atoms with Crippen LogP contribution in [0, 0.1) is 0 Å². The molecule has 1 atom stereocenters. The van der Waals surface area contributed by atoms with Crippen molar-refractivity contribution in [3.05, 3.63) is 81.6 Å². The number of Topliss-reactive ketones (excluding diaryl/α,β-unsaturated/α-hetero) is 1. The molecule has 1 amide bonds. The minimum Gasteiger partial charge on any atom is -0.508 e. The first kappa shape index (κ1) is 21.5. The van der Waals surface area contributed by atoms with Gasteiger partial charge < -0.3 is 24.6 Å². The Balaban J connectivity index is 1.91. The first-order valence-electron chi connectivity index (χ1n) is 9.76. The third kappa shape index (κ3) is 3.80. The monoisotopic (exact) mass is 451 g/mol. The quantitative estimate of drug-likeness (QED) is 0.333. The second-order valence-corrected chi connectivity index (χ2v) is 8.20. The first-order valence-corrected chi connectivity index (χ1v) is 10.6. The third-order valence-corrected chi connectivity index (χ3v) is 6.18. The fraction of sp³-hybridized carbons (Fsp3) is 0.167. The van der Waals surface area contributed by atoms with Gasteiger partial charge in [0.1, 0.15) is 23.0 Å². The number of amides is 1. The van der Waals surface area contributed by atoms with Gasteiger partial charge in [0.15, 0.2) is 0 Å². The summed E-state index contributed by atoms with van der Waals surface area (Å²) in [5, 5.41) is 22.9. The number of carbonyl (C=O) groups excluding carboxylic acids is 2. The van der Waals surface area contributed by atoms with E-state index in [0.29, 0.717) is 17.1 Å². The van der Waals surface area contributed by atoms with Crippen LogP contribution >= 0.6 is 11.3 Å². The van der Waals surface area contributed by atoms with Crippen molar-refractivity contribution in [1.82, 2.24) is 4.90 Å². The van der Waals surface area contributed by atoms with E-state index in [-0.39, 0.29) is 29.2 Å². The Morgan fingerprint density at radius 1 is 1.06 bits per heavy atom. The molecule has 2 aromatic carbocycles. The lowest BCUT2D eigenvalue weighted by Gasteiger charge is -2.25. The van der Waals surface area contributed by atoms with Gasteiger partial charge in [-0.15, -0.1) is 11.3 Å². The predicted molar refractivity (Wildman–Crippen MR) is 120 cm³/mol. The smallest absolute Gasteiger partial charge is 0.295 e. The number of benzene rings is 2. The van der Waals surface area contributed by atoms with Crippen LogP contribution in [-0.2, 0) is 16.1 Å². The maximum absolute atomic E-state index is 13.1. The van der Waals surface area contributed by atoms with Crippen LogP contribution in [-0.4, -0.2) is 41.0 Å². The van der Waals surface area contributed by atoms with Gasteiger partial charge in [0.25, 0.3) is 11.7 Å². The first-order chi connectivity index (χ1) is 15.4. The number of phenols is 1. The van der Waals surface area contributed by atoms with Crippen molar-refractivity contribution in [3.63, 3.8) is 0 Å². The second kappa shape index (κ2) is 8.76. The molecule has 0 saturated carbocycles. The van der Waals surface area contributed by atoms with E-state index >= 15 is 0 Å². The molecule has 2 N–H and O–H groups in total. The molecule has 7 nitrogen and oxygen atoms in total. The molecule has 0 bridgehead atoms. The van der Waals surface area contributed by atoms with Crippen LogP contribution in [0.1, 0.15) is 22.0 Å². The van der Waals surface area contributed by atoms with Crippen LogP contribution in [0.5, 0.6) is 17.2 Å². The van der Waals surface area contributed by atoms with Gasteiger partial charge in [-0.2, -0.15) is 0 Å². The van der Waals surface area contributed by atoms with Crippen molar-refractivity contribution < 1.29 is 29.3 Å². The Hall–Kier alpha value is -3.78. The number of aliphatic hydroxyl groups excluding tert-OH is 1. The lowest BCUT2D eigenvalue weighted by Crippen LogP contribution is -2.28. The molecule has 1 aliphatic heterocycles. The topological polar surface area (TPSA) is 96.3 Å². The molecule has 1 aromatic heterocycles. The van der Waals surface area contributed by atoms with Crippen molar-refractivity contribution in [1.29, 1.82) is 0 Å². The summed E-state index contributed by atoms with van der Waals surface area (Å²) in [7, 11) is 2.94. The summed E-state index contributed by atoms with van der Waals surface area (Å²) in [5.74, 6) is -1.01. The SMILES string of the molecule is COc1ccc(OC)c(/C(O)=C2\C(=O)C(=O)N(Cc3cccs3)C2c2ccc(O)cc2)c1. The normalized spacial score (nSPS) is 17.6. The number of ketones is 1. The van der Waals surface area contributed by atoms with E-state index in [1.165, 1.54) is 42.6 Å². The summed E-state index contributed by atoms with van der Waals surface area (Å²) in [4.78, 5) is 28.5. The van der Waals surface area contributed by atoms with E-state index in [0.717, 1.165) is 4.88 Å². The number of carbonyl (C=O) groups is 2. The molecule has 1 unspecified atom stereocenters. The van der Waals surface area contributed by atoms with E-state index in [1.807, 2.05) is 17.5 Å². The Kier molecular flexibility index (Phi) is 5.87. The molecule has 4 rings (SSSR count). The maximum Gasteiger partial charge on any atom is 0.295 e. The molecule has 32 heavy (non-hydrogen) atoms. The van der Waals surface area contributed by atoms with Gasteiger partial charge in [-0.05, 0) is 47.3 Å². The molecule has 1 aliphatic rings. The van der Waals surface area contributed by atoms with Gasteiger partial charge in [0, 0.05) is 4.88 Å². The molecule has 2 heterocycles. The van der Waals surface area contributed by atoms with Crippen molar-refractivity contribution in [2.75, 3.05) is 14.2 Å². The van der Waals surface area contributed by atoms with Gasteiger partial charge in [0.2, 0.25) is 0 Å². The number of nitrogens with zero attached hydrogens (tertiary/aromatic N) is 1. The third-order valence-electron chi connectivity index (χ3n) is 5.32. The van der Waals surface area contributed by atoms with Gasteiger partial charge >= 0.3 is 0 Å². The summed E-state index contributed by atoms with van der Waals surface area (Å²) in [6.07, 6.45) is 0. The zero-order valence-corrected chi connectivity index (χ0v) is 18.3. The lowest BCUT2D eigenvalue weighted by molar-refractivity contribution is -0.140. The molecule has 1 fully saturated rings. The van der Waals surface area contributed by atoms with Crippen molar-refractivity contribution in [3.8, 4) is 17.2 Å². The fourth-order valence-corrected chi connectivity index (χ4v) is 4.46. The summed E-state index contributed by atoms with van der Waals surface area (Å²) in [6, 6.07) is 14.0. The van der Waals surface area contributed by atoms with Crippen LogP contribution in [0.4, 0.5) is 0 Å². The molecular weight excluding hydrogens is 430 g/mol. The van der Waals surface area contributed by atoms with E-state index in [2.05, 4.69) is 0 Å². The Labute approximate surface area is 188 Å². The Morgan fingerprint density at radius 2 is 1.81 bits per heavy atom. The van der Waals surface area contributed by atoms with Crippen molar-refractivity contribution in [2.45, 2.75) is 12.6 Å². The van der Waals surface area contributed by atoms with Gasteiger partial charge in [-0.1, -0.05) is 18.2 Å². The van der Waals surface area contributed by atoms with Crippen LogP contribution in [0.15, 0.2) is 65.6 Å².